The second-order valence-electron chi connectivity index (χ2n) is 6.32. The molecule has 2 aromatic carbocycles. The highest BCUT2D eigenvalue weighted by Crippen LogP contribution is 2.31. The minimum absolute atomic E-state index is 0.000411. The summed E-state index contributed by atoms with van der Waals surface area (Å²) >= 11 is 1.36. The van der Waals surface area contributed by atoms with Gasteiger partial charge in [0.25, 0.3) is 5.91 Å². The van der Waals surface area contributed by atoms with E-state index in [1.165, 1.54) is 40.9 Å². The van der Waals surface area contributed by atoms with Gasteiger partial charge in [-0.3, -0.25) is 9.69 Å². The van der Waals surface area contributed by atoms with Crippen molar-refractivity contribution in [3.8, 4) is 17.6 Å². The maximum Gasteiger partial charge on any atom is 0.387 e. The van der Waals surface area contributed by atoms with Crippen LogP contribution < -0.4 is 14.4 Å². The van der Waals surface area contributed by atoms with Crippen LogP contribution in [0.15, 0.2) is 59.2 Å². The number of benzene rings is 2. The predicted molar refractivity (Wildman–Crippen MR) is 116 cm³/mol. The van der Waals surface area contributed by atoms with E-state index >= 15 is 0 Å². The molecule has 6 nitrogen and oxygen atoms in total. The molecule has 9 heteroatoms. The van der Waals surface area contributed by atoms with Gasteiger partial charge in [-0.2, -0.15) is 14.0 Å². The van der Waals surface area contributed by atoms with Gasteiger partial charge in [0.15, 0.2) is 5.17 Å². The summed E-state index contributed by atoms with van der Waals surface area (Å²) in [5.41, 5.74) is 1.52. The number of carbonyl (C=O) groups is 1. The van der Waals surface area contributed by atoms with Crippen molar-refractivity contribution < 1.29 is 23.0 Å². The summed E-state index contributed by atoms with van der Waals surface area (Å²) in [4.78, 5) is 19.0. The Kier molecular flexibility index (Phi) is 7.62. The lowest BCUT2D eigenvalue weighted by Crippen LogP contribution is -2.30. The number of methoxy groups -OCH3 is 1. The number of rotatable bonds is 8. The number of aliphatic imine (C=N–C) groups is 1. The molecule has 1 amide bonds. The molecule has 0 unspecified atom stereocenters. The number of amidine groups is 1. The molecule has 0 atom stereocenters. The molecule has 1 heterocycles. The normalized spacial score (nSPS) is 14.7. The monoisotopic (exact) mass is 443 g/mol. The number of nitrogens with zero attached hydrogens (tertiary/aromatic N) is 3. The van der Waals surface area contributed by atoms with Crippen LogP contribution in [-0.2, 0) is 4.79 Å². The fourth-order valence-corrected chi connectivity index (χ4v) is 3.72. The standard InChI is InChI=1S/C22H19F2N3O3S/c1-29-17-8-4-15(5-9-17)14-19-20(28)27(22(26-19)31-13-3-2-12-25)16-6-10-18(11-7-16)30-21(23)24/h4-11,14,21H,2-3,13H2,1H3/b19-14-. The number of hydrogen-bond donors (Lipinski definition) is 0. The third-order valence-electron chi connectivity index (χ3n) is 4.23. The van der Waals surface area contributed by atoms with Gasteiger partial charge in [-0.25, -0.2) is 4.99 Å². The largest absolute Gasteiger partial charge is 0.497 e. The Hall–Kier alpha value is -3.38. The van der Waals surface area contributed by atoms with E-state index in [4.69, 9.17) is 10.00 Å². The number of nitriles is 1. The van der Waals surface area contributed by atoms with Crippen molar-refractivity contribution in [1.29, 1.82) is 5.26 Å². The van der Waals surface area contributed by atoms with E-state index in [2.05, 4.69) is 15.8 Å². The van der Waals surface area contributed by atoms with Crippen LogP contribution in [0.1, 0.15) is 18.4 Å². The quantitative estimate of drug-likeness (QED) is 0.420. The average Bonchev–Trinajstić information content (AvgIpc) is 3.07. The lowest BCUT2D eigenvalue weighted by atomic mass is 10.2. The molecule has 3 rings (SSSR count). The number of unbranched alkanes of at least 4 members (excludes halogenated alkanes) is 1. The molecular weight excluding hydrogens is 424 g/mol. The molecule has 1 aliphatic heterocycles. The smallest absolute Gasteiger partial charge is 0.387 e. The zero-order chi connectivity index (χ0) is 22.2. The molecule has 0 fully saturated rings. The van der Waals surface area contributed by atoms with Crippen LogP contribution in [0.25, 0.3) is 6.08 Å². The Morgan fingerprint density at radius 1 is 1.16 bits per heavy atom. The van der Waals surface area contributed by atoms with Crippen LogP contribution in [0.5, 0.6) is 11.5 Å². The van der Waals surface area contributed by atoms with Crippen LogP contribution in [0.4, 0.5) is 14.5 Å². The van der Waals surface area contributed by atoms with E-state index in [0.717, 1.165) is 5.56 Å². The van der Waals surface area contributed by atoms with Gasteiger partial charge in [-0.15, -0.1) is 0 Å². The molecule has 0 bridgehead atoms. The van der Waals surface area contributed by atoms with Crippen molar-refractivity contribution in [2.75, 3.05) is 17.8 Å². The molecule has 31 heavy (non-hydrogen) atoms. The van der Waals surface area contributed by atoms with E-state index in [1.807, 2.05) is 12.1 Å². The molecule has 160 valence electrons. The summed E-state index contributed by atoms with van der Waals surface area (Å²) < 4.78 is 34.3. The molecular formula is C22H19F2N3O3S. The molecule has 0 aliphatic carbocycles. The molecule has 2 aromatic rings. The lowest BCUT2D eigenvalue weighted by molar-refractivity contribution is -0.113. The Labute approximate surface area is 182 Å². The number of amides is 1. The third-order valence-corrected chi connectivity index (χ3v) is 5.26. The first-order valence-electron chi connectivity index (χ1n) is 9.35. The van der Waals surface area contributed by atoms with E-state index in [9.17, 15) is 13.6 Å². The van der Waals surface area contributed by atoms with Crippen LogP contribution in [0.3, 0.4) is 0 Å². The molecule has 1 aliphatic rings. The summed E-state index contributed by atoms with van der Waals surface area (Å²) in [6, 6.07) is 15.1. The first kappa shape index (κ1) is 22.3. The predicted octanol–water partition coefficient (Wildman–Crippen LogP) is 5.08. The number of alkyl halides is 2. The molecule has 0 spiro atoms. The number of anilines is 1. The maximum atomic E-state index is 13.1. The molecule has 0 saturated carbocycles. The first-order chi connectivity index (χ1) is 15.0. The number of ether oxygens (including phenoxy) is 2. The molecule has 0 radical (unpaired) electrons. The fourth-order valence-electron chi connectivity index (χ4n) is 2.77. The van der Waals surface area contributed by atoms with Crippen molar-refractivity contribution in [3.05, 3.63) is 59.8 Å². The third kappa shape index (κ3) is 5.83. The van der Waals surface area contributed by atoms with Crippen molar-refractivity contribution in [2.45, 2.75) is 19.5 Å². The second kappa shape index (κ2) is 10.6. The van der Waals surface area contributed by atoms with Crippen LogP contribution in [-0.4, -0.2) is 30.5 Å². The highest BCUT2D eigenvalue weighted by molar-refractivity contribution is 8.14. The Morgan fingerprint density at radius 2 is 1.84 bits per heavy atom. The van der Waals surface area contributed by atoms with Gasteiger partial charge in [0, 0.05) is 12.2 Å². The van der Waals surface area contributed by atoms with Crippen molar-refractivity contribution in [2.24, 2.45) is 4.99 Å². The van der Waals surface area contributed by atoms with Gasteiger partial charge < -0.3 is 9.47 Å². The number of carbonyl (C=O) groups excluding carboxylic acids is 1. The van der Waals surface area contributed by atoms with Gasteiger partial charge in [-0.05, 0) is 54.5 Å². The minimum atomic E-state index is -2.92. The Bertz CT molecular complexity index is 1020. The van der Waals surface area contributed by atoms with E-state index in [0.29, 0.717) is 35.2 Å². The molecule has 0 aromatic heterocycles. The summed E-state index contributed by atoms with van der Waals surface area (Å²) in [6.45, 7) is -2.92. The zero-order valence-electron chi connectivity index (χ0n) is 16.6. The topological polar surface area (TPSA) is 74.9 Å². The van der Waals surface area contributed by atoms with Crippen LogP contribution >= 0.6 is 11.8 Å². The summed E-state index contributed by atoms with van der Waals surface area (Å²) in [7, 11) is 1.57. The first-order valence-corrected chi connectivity index (χ1v) is 10.3. The van der Waals surface area contributed by atoms with Gasteiger partial charge in [-0.1, -0.05) is 23.9 Å². The number of hydrogen-bond acceptors (Lipinski definition) is 6. The van der Waals surface area contributed by atoms with Gasteiger partial charge in [0.1, 0.15) is 17.2 Å². The molecule has 0 saturated heterocycles. The zero-order valence-corrected chi connectivity index (χ0v) is 17.4. The highest BCUT2D eigenvalue weighted by Gasteiger charge is 2.32. The van der Waals surface area contributed by atoms with Gasteiger partial charge in [0.2, 0.25) is 0 Å². The minimum Gasteiger partial charge on any atom is -0.497 e. The average molecular weight is 443 g/mol. The second-order valence-corrected chi connectivity index (χ2v) is 7.38. The van der Waals surface area contributed by atoms with Crippen molar-refractivity contribution in [3.63, 3.8) is 0 Å². The summed E-state index contributed by atoms with van der Waals surface area (Å²) in [5.74, 6) is 0.976. The lowest BCUT2D eigenvalue weighted by Gasteiger charge is -2.18. The fraction of sp³-hybridized carbons (Fsp3) is 0.227. The van der Waals surface area contributed by atoms with Crippen molar-refractivity contribution in [1.82, 2.24) is 0 Å². The Balaban J connectivity index is 1.87. The Morgan fingerprint density at radius 3 is 2.45 bits per heavy atom. The highest BCUT2D eigenvalue weighted by atomic mass is 32.2. The molecule has 0 N–H and O–H groups in total. The van der Waals surface area contributed by atoms with Gasteiger partial charge in [0.05, 0.1) is 18.9 Å². The van der Waals surface area contributed by atoms with Crippen LogP contribution in [0.2, 0.25) is 0 Å². The summed E-state index contributed by atoms with van der Waals surface area (Å²) in [5, 5.41) is 9.19. The SMILES string of the molecule is COc1ccc(/C=C2\N=C(SCCCC#N)N(c3ccc(OC(F)F)cc3)C2=O)cc1. The number of thioether (sulfide) groups is 1. The summed E-state index contributed by atoms with van der Waals surface area (Å²) in [6.07, 6.45) is 2.73. The van der Waals surface area contributed by atoms with E-state index in [-0.39, 0.29) is 17.4 Å². The van der Waals surface area contributed by atoms with Gasteiger partial charge >= 0.3 is 6.61 Å². The maximum absolute atomic E-state index is 13.1. The van der Waals surface area contributed by atoms with Crippen LogP contribution in [0, 0.1) is 11.3 Å². The van der Waals surface area contributed by atoms with Crippen molar-refractivity contribution >= 4 is 34.6 Å². The van der Waals surface area contributed by atoms with E-state index in [1.54, 1.807) is 25.3 Å². The van der Waals surface area contributed by atoms with E-state index < -0.39 is 6.61 Å². The number of halogens is 2.